The third-order valence-corrected chi connectivity index (χ3v) is 1.77. The van der Waals surface area contributed by atoms with Gasteiger partial charge in [0.05, 0.1) is 6.54 Å². The molecule has 0 aliphatic rings. The van der Waals surface area contributed by atoms with Gasteiger partial charge in [-0.25, -0.2) is 0 Å². The summed E-state index contributed by atoms with van der Waals surface area (Å²) in [7, 11) is 3.20. The van der Waals surface area contributed by atoms with Crippen molar-refractivity contribution in [3.8, 4) is 0 Å². The maximum absolute atomic E-state index is 11.6. The maximum atomic E-state index is 11.6. The molecule has 4 heteroatoms. The van der Waals surface area contributed by atoms with Crippen molar-refractivity contribution in [2.45, 2.75) is 27.2 Å². The molecule has 0 saturated carbocycles. The summed E-state index contributed by atoms with van der Waals surface area (Å²) < 4.78 is 0. The SMILES string of the molecule is CNC(=O)CN(C)C(=O)CC(C)(C)C.[HH]. The van der Waals surface area contributed by atoms with Crippen molar-refractivity contribution in [3.05, 3.63) is 0 Å². The first-order valence-corrected chi connectivity index (χ1v) is 4.71. The number of nitrogens with one attached hydrogen (secondary N) is 1. The molecule has 4 nitrogen and oxygen atoms in total. The van der Waals surface area contributed by atoms with Gasteiger partial charge in [-0.1, -0.05) is 20.8 Å². The van der Waals surface area contributed by atoms with E-state index in [1.165, 1.54) is 4.90 Å². The Morgan fingerprint density at radius 1 is 1.36 bits per heavy atom. The van der Waals surface area contributed by atoms with E-state index in [4.69, 9.17) is 0 Å². The molecule has 0 aromatic carbocycles. The minimum atomic E-state index is -0.144. The van der Waals surface area contributed by atoms with Crippen LogP contribution in [0.25, 0.3) is 0 Å². The second-order valence-corrected chi connectivity index (χ2v) is 4.66. The number of carbonyl (C=O) groups is 2. The fourth-order valence-electron chi connectivity index (χ4n) is 0.971. The third-order valence-electron chi connectivity index (χ3n) is 1.77. The van der Waals surface area contributed by atoms with Gasteiger partial charge in [-0.2, -0.15) is 0 Å². The van der Waals surface area contributed by atoms with E-state index in [0.29, 0.717) is 6.42 Å². The molecule has 0 radical (unpaired) electrons. The zero-order valence-electron chi connectivity index (χ0n) is 9.68. The van der Waals surface area contributed by atoms with Crippen LogP contribution in [0.1, 0.15) is 28.6 Å². The molecule has 1 N–H and O–H groups in total. The van der Waals surface area contributed by atoms with Crippen molar-refractivity contribution in [2.75, 3.05) is 20.6 Å². The van der Waals surface area contributed by atoms with Gasteiger partial charge in [-0.15, -0.1) is 0 Å². The highest BCUT2D eigenvalue weighted by Crippen LogP contribution is 2.19. The number of hydrogen-bond acceptors (Lipinski definition) is 2. The standard InChI is InChI=1S/C10H20N2O2.H2/c1-10(2,3)6-9(14)12(5)7-8(13)11-4;/h6-7H2,1-5H3,(H,11,13);1H. The molecular weight excluding hydrogens is 180 g/mol. The summed E-state index contributed by atoms with van der Waals surface area (Å²) in [5, 5.41) is 2.48. The van der Waals surface area contributed by atoms with Gasteiger partial charge < -0.3 is 10.2 Å². The maximum Gasteiger partial charge on any atom is 0.239 e. The summed E-state index contributed by atoms with van der Waals surface area (Å²) >= 11 is 0. The van der Waals surface area contributed by atoms with Gasteiger partial charge in [-0.05, 0) is 5.41 Å². The van der Waals surface area contributed by atoms with Gasteiger partial charge in [0, 0.05) is 21.9 Å². The highest BCUT2D eigenvalue weighted by atomic mass is 16.2. The highest BCUT2D eigenvalue weighted by molar-refractivity contribution is 5.84. The first-order valence-electron chi connectivity index (χ1n) is 4.71. The van der Waals surface area contributed by atoms with Crippen LogP contribution >= 0.6 is 0 Å². The largest absolute Gasteiger partial charge is 0.358 e. The Hall–Kier alpha value is -1.06. The van der Waals surface area contributed by atoms with Gasteiger partial charge in [0.2, 0.25) is 11.8 Å². The Balaban J connectivity index is 0. The topological polar surface area (TPSA) is 49.4 Å². The molecule has 0 saturated heterocycles. The molecular formula is C10H22N2O2. The number of hydrogen-bond donors (Lipinski definition) is 1. The summed E-state index contributed by atoms with van der Waals surface area (Å²) in [4.78, 5) is 24.0. The molecule has 0 rings (SSSR count). The van der Waals surface area contributed by atoms with E-state index in [0.717, 1.165) is 0 Å². The summed E-state index contributed by atoms with van der Waals surface area (Å²) in [6.45, 7) is 6.13. The number of nitrogens with zero attached hydrogens (tertiary/aromatic N) is 1. The van der Waals surface area contributed by atoms with Gasteiger partial charge in [0.25, 0.3) is 0 Å². The van der Waals surface area contributed by atoms with Crippen LogP contribution < -0.4 is 5.32 Å². The molecule has 0 aromatic heterocycles. The van der Waals surface area contributed by atoms with E-state index in [1.54, 1.807) is 14.1 Å². The highest BCUT2D eigenvalue weighted by Gasteiger charge is 2.19. The van der Waals surface area contributed by atoms with E-state index in [-0.39, 0.29) is 25.2 Å². The predicted octanol–water partition coefficient (Wildman–Crippen LogP) is 0.873. The molecule has 84 valence electrons. The number of rotatable bonds is 3. The van der Waals surface area contributed by atoms with Crippen molar-refractivity contribution >= 4 is 11.8 Å². The number of amides is 2. The van der Waals surface area contributed by atoms with Crippen molar-refractivity contribution < 1.29 is 11.0 Å². The summed E-state index contributed by atoms with van der Waals surface area (Å²) in [5.74, 6) is -0.143. The Morgan fingerprint density at radius 3 is 2.21 bits per heavy atom. The number of carbonyl (C=O) groups excluding carboxylic acids is 2. The van der Waals surface area contributed by atoms with E-state index in [2.05, 4.69) is 5.32 Å². The molecule has 2 amide bonds. The lowest BCUT2D eigenvalue weighted by molar-refractivity contribution is -0.136. The molecule has 0 unspecified atom stereocenters. The summed E-state index contributed by atoms with van der Waals surface area (Å²) in [6, 6.07) is 0. The van der Waals surface area contributed by atoms with Crippen molar-refractivity contribution in [1.29, 1.82) is 0 Å². The number of likely N-dealkylation sites (N-methyl/N-ethyl adjacent to an activating group) is 2. The minimum Gasteiger partial charge on any atom is -0.358 e. The summed E-state index contributed by atoms with van der Waals surface area (Å²) in [6.07, 6.45) is 0.459. The van der Waals surface area contributed by atoms with Crippen LogP contribution in [0.15, 0.2) is 0 Å². The Labute approximate surface area is 87.1 Å². The lowest BCUT2D eigenvalue weighted by Gasteiger charge is -2.22. The van der Waals surface area contributed by atoms with Gasteiger partial charge in [0.15, 0.2) is 0 Å². The third kappa shape index (κ3) is 5.56. The van der Waals surface area contributed by atoms with Crippen LogP contribution in [0.5, 0.6) is 0 Å². The average Bonchev–Trinajstić information content (AvgIpc) is 2.00. The Morgan fingerprint density at radius 2 is 1.86 bits per heavy atom. The monoisotopic (exact) mass is 202 g/mol. The van der Waals surface area contributed by atoms with Gasteiger partial charge >= 0.3 is 0 Å². The predicted molar refractivity (Wildman–Crippen MR) is 57.9 cm³/mol. The quantitative estimate of drug-likeness (QED) is 0.738. The van der Waals surface area contributed by atoms with Crippen LogP contribution in [0.3, 0.4) is 0 Å². The molecule has 0 fully saturated rings. The van der Waals surface area contributed by atoms with E-state index >= 15 is 0 Å². The fourth-order valence-corrected chi connectivity index (χ4v) is 0.971. The van der Waals surface area contributed by atoms with Crippen LogP contribution in [-0.4, -0.2) is 37.4 Å². The normalized spacial score (nSPS) is 10.9. The van der Waals surface area contributed by atoms with Crippen LogP contribution in [0, 0.1) is 5.41 Å². The Bertz CT molecular complexity index is 224. The molecule has 0 aliphatic heterocycles. The molecule has 0 spiro atoms. The first kappa shape index (κ1) is 12.9. The first-order chi connectivity index (χ1) is 6.26. The van der Waals surface area contributed by atoms with E-state index in [9.17, 15) is 9.59 Å². The molecule has 14 heavy (non-hydrogen) atoms. The average molecular weight is 202 g/mol. The lowest BCUT2D eigenvalue weighted by atomic mass is 9.92. The van der Waals surface area contributed by atoms with Crippen molar-refractivity contribution in [2.24, 2.45) is 5.41 Å². The van der Waals surface area contributed by atoms with E-state index < -0.39 is 0 Å². The molecule has 0 bridgehead atoms. The summed E-state index contributed by atoms with van der Waals surface area (Å²) in [5.41, 5.74) is -0.0337. The van der Waals surface area contributed by atoms with Crippen LogP contribution in [-0.2, 0) is 9.59 Å². The van der Waals surface area contributed by atoms with E-state index in [1.807, 2.05) is 20.8 Å². The van der Waals surface area contributed by atoms with Gasteiger partial charge in [0.1, 0.15) is 0 Å². The molecule has 0 aliphatic carbocycles. The smallest absolute Gasteiger partial charge is 0.239 e. The molecule has 0 aromatic rings. The zero-order valence-corrected chi connectivity index (χ0v) is 9.68. The van der Waals surface area contributed by atoms with Gasteiger partial charge in [-0.3, -0.25) is 9.59 Å². The Kier molecular flexibility index (Phi) is 4.60. The van der Waals surface area contributed by atoms with Crippen molar-refractivity contribution in [1.82, 2.24) is 10.2 Å². The minimum absolute atomic E-state index is 0. The lowest BCUT2D eigenvalue weighted by Crippen LogP contribution is -2.38. The molecule has 0 atom stereocenters. The van der Waals surface area contributed by atoms with Crippen LogP contribution in [0.2, 0.25) is 0 Å². The fraction of sp³-hybridized carbons (Fsp3) is 0.800. The second kappa shape index (κ2) is 4.98. The zero-order chi connectivity index (χ0) is 11.4. The molecule has 0 heterocycles. The van der Waals surface area contributed by atoms with Crippen molar-refractivity contribution in [3.63, 3.8) is 0 Å². The second-order valence-electron chi connectivity index (χ2n) is 4.66. The van der Waals surface area contributed by atoms with Crippen LogP contribution in [0.4, 0.5) is 0 Å².